The van der Waals surface area contributed by atoms with Crippen LogP contribution in [-0.4, -0.2) is 20.5 Å². The lowest BCUT2D eigenvalue weighted by molar-refractivity contribution is -0.171. The maximum atomic E-state index is 11.3. The van der Waals surface area contributed by atoms with Gasteiger partial charge in [-0.1, -0.05) is 3.89 Å². The summed E-state index contributed by atoms with van der Waals surface area (Å²) in [5, 5.41) is 0. The molecule has 0 aromatic rings. The van der Waals surface area contributed by atoms with Crippen LogP contribution in [0.25, 0.3) is 0 Å². The van der Waals surface area contributed by atoms with Crippen LogP contribution in [0.15, 0.2) is 0 Å². The number of amides is 1. The van der Waals surface area contributed by atoms with Crippen molar-refractivity contribution in [1.82, 2.24) is 4.72 Å². The first-order valence-electron chi connectivity index (χ1n) is 1.96. The van der Waals surface area contributed by atoms with Crippen LogP contribution in [-0.2, 0) is 15.2 Å². The van der Waals surface area contributed by atoms with Crippen molar-refractivity contribution in [3.63, 3.8) is 0 Å². The Kier molecular flexibility index (Phi) is 2.44. The zero-order valence-corrected chi connectivity index (χ0v) is 5.46. The smallest absolute Gasteiger partial charge is 0.263 e. The molecular weight excluding hydrogens is 194 g/mol. The highest BCUT2D eigenvalue weighted by molar-refractivity contribution is 7.84. The molecule has 11 heavy (non-hydrogen) atoms. The molecule has 0 aliphatic heterocycles. The second kappa shape index (κ2) is 2.64. The molecule has 1 amide bonds. The number of hydrogen-bond acceptors (Lipinski definition) is 3. The summed E-state index contributed by atoms with van der Waals surface area (Å²) in [7, 11) is -5.63. The van der Waals surface area contributed by atoms with Crippen molar-refractivity contribution in [3.8, 4) is 0 Å². The summed E-state index contributed by atoms with van der Waals surface area (Å²) in [4.78, 5) is 9.62. The van der Waals surface area contributed by atoms with Gasteiger partial charge in [0.1, 0.15) is 0 Å². The zero-order valence-electron chi connectivity index (χ0n) is 4.64. The van der Waals surface area contributed by atoms with Crippen LogP contribution in [0.4, 0.5) is 17.1 Å². The van der Waals surface area contributed by atoms with E-state index >= 15 is 0 Å². The number of halogens is 4. The highest BCUT2D eigenvalue weighted by Crippen LogP contribution is 2.14. The molecule has 0 rings (SSSR count). The number of carbonyl (C=O) groups is 1. The van der Waals surface area contributed by atoms with Gasteiger partial charge in [-0.25, -0.2) is 4.72 Å². The summed E-state index contributed by atoms with van der Waals surface area (Å²) >= 11 is 0. The topological polar surface area (TPSA) is 63.2 Å². The molecule has 0 atom stereocenters. The number of nitrogens with one attached hydrogen (secondary N) is 1. The average molecular weight is 195 g/mol. The van der Waals surface area contributed by atoms with Crippen molar-refractivity contribution in [1.29, 1.82) is 0 Å². The molecule has 0 saturated heterocycles. The Morgan fingerprint density at radius 3 is 1.73 bits per heavy atom. The monoisotopic (exact) mass is 195 g/mol. The molecule has 0 bridgehead atoms. The fourth-order valence-electron chi connectivity index (χ4n) is 0.169. The van der Waals surface area contributed by atoms with Crippen LogP contribution >= 0.6 is 0 Å². The molecule has 9 heteroatoms. The summed E-state index contributed by atoms with van der Waals surface area (Å²) in [5.41, 5.74) is 0. The van der Waals surface area contributed by atoms with Crippen LogP contribution in [0, 0.1) is 0 Å². The van der Waals surface area contributed by atoms with E-state index in [1.807, 2.05) is 0 Å². The van der Waals surface area contributed by atoms with Crippen LogP contribution in [0.5, 0.6) is 0 Å². The Bertz CT molecular complexity index is 253. The van der Waals surface area contributed by atoms with Gasteiger partial charge in [0.15, 0.2) is 0 Å². The normalized spacial score (nSPS) is 12.7. The van der Waals surface area contributed by atoms with Gasteiger partial charge in [-0.05, 0) is 0 Å². The maximum absolute atomic E-state index is 11.3. The Hall–Kier alpha value is -0.860. The first kappa shape index (κ1) is 10.1. The number of alkyl halides is 3. The van der Waals surface area contributed by atoms with Gasteiger partial charge in [-0.2, -0.15) is 21.6 Å². The molecule has 1 N–H and O–H groups in total. The second-order valence-electron chi connectivity index (χ2n) is 1.37. The summed E-state index contributed by atoms with van der Waals surface area (Å²) in [5.74, 6) is -2.86. The largest absolute Gasteiger partial charge is 0.472 e. The van der Waals surface area contributed by atoms with Crippen LogP contribution in [0.1, 0.15) is 0 Å². The van der Waals surface area contributed by atoms with Gasteiger partial charge in [0.2, 0.25) is 0 Å². The molecule has 0 heterocycles. The van der Waals surface area contributed by atoms with E-state index < -0.39 is 22.5 Å². The van der Waals surface area contributed by atoms with Crippen molar-refractivity contribution >= 4 is 16.3 Å². The molecule has 0 spiro atoms. The number of carbonyl (C=O) groups excluding carboxylic acids is 1. The van der Waals surface area contributed by atoms with E-state index in [0.29, 0.717) is 0 Å². The van der Waals surface area contributed by atoms with Gasteiger partial charge in [0.05, 0.1) is 0 Å². The van der Waals surface area contributed by atoms with Gasteiger partial charge in [0.25, 0.3) is 0 Å². The summed E-state index contributed by atoms with van der Waals surface area (Å²) < 4.78 is 63.6. The molecule has 66 valence electrons. The predicted molar refractivity (Wildman–Crippen MR) is 24.2 cm³/mol. The van der Waals surface area contributed by atoms with Crippen molar-refractivity contribution < 1.29 is 30.3 Å². The van der Waals surface area contributed by atoms with Crippen LogP contribution in [0.2, 0.25) is 0 Å². The lowest BCUT2D eigenvalue weighted by atomic mass is 10.6. The van der Waals surface area contributed by atoms with Gasteiger partial charge in [0, 0.05) is 0 Å². The van der Waals surface area contributed by atoms with Crippen molar-refractivity contribution in [2.45, 2.75) is 6.18 Å². The summed E-state index contributed by atoms with van der Waals surface area (Å²) in [6.45, 7) is 0. The third-order valence-corrected chi connectivity index (χ3v) is 0.901. The van der Waals surface area contributed by atoms with Gasteiger partial charge < -0.3 is 0 Å². The Morgan fingerprint density at radius 2 is 1.64 bits per heavy atom. The average Bonchev–Trinajstić information content (AvgIpc) is 1.56. The first-order chi connectivity index (χ1) is 4.63. The van der Waals surface area contributed by atoms with Crippen molar-refractivity contribution in [2.24, 2.45) is 0 Å². The van der Waals surface area contributed by atoms with Crippen molar-refractivity contribution in [3.05, 3.63) is 0 Å². The lowest BCUT2D eigenvalue weighted by Crippen LogP contribution is -2.38. The van der Waals surface area contributed by atoms with Gasteiger partial charge >= 0.3 is 22.5 Å². The van der Waals surface area contributed by atoms with E-state index in [2.05, 4.69) is 0 Å². The lowest BCUT2D eigenvalue weighted by Gasteiger charge is -2.02. The summed E-state index contributed by atoms with van der Waals surface area (Å²) in [6, 6.07) is 0. The summed E-state index contributed by atoms with van der Waals surface area (Å²) in [6.07, 6.45) is -5.40. The Labute approximate surface area is 58.5 Å². The fourth-order valence-corrected chi connectivity index (χ4v) is 0.506. The van der Waals surface area contributed by atoms with Crippen LogP contribution in [0.3, 0.4) is 0 Å². The third-order valence-electron chi connectivity index (χ3n) is 0.472. The molecule has 0 unspecified atom stereocenters. The van der Waals surface area contributed by atoms with Crippen LogP contribution < -0.4 is 4.72 Å². The number of rotatable bonds is 1. The minimum Gasteiger partial charge on any atom is -0.263 e. The Balaban J connectivity index is 4.35. The van der Waals surface area contributed by atoms with Crippen molar-refractivity contribution in [2.75, 3.05) is 0 Å². The van der Waals surface area contributed by atoms with Gasteiger partial charge in [-0.3, -0.25) is 4.79 Å². The highest BCUT2D eigenvalue weighted by Gasteiger charge is 2.41. The SMILES string of the molecule is O=C(NS(=O)(=O)F)C(F)(F)F. The zero-order chi connectivity index (χ0) is 9.28. The van der Waals surface area contributed by atoms with E-state index in [4.69, 9.17) is 0 Å². The fraction of sp³-hybridized carbons (Fsp3) is 0.500. The molecule has 0 aliphatic carbocycles. The molecule has 0 saturated carbocycles. The Morgan fingerprint density at radius 1 is 1.27 bits per heavy atom. The second-order valence-corrected chi connectivity index (χ2v) is 2.45. The molecular formula is C2HF4NO3S. The number of hydrogen-bond donors (Lipinski definition) is 1. The van der Waals surface area contributed by atoms with Gasteiger partial charge in [-0.15, -0.1) is 0 Å². The predicted octanol–water partition coefficient (Wildman–Crippen LogP) is -0.121. The van der Waals surface area contributed by atoms with E-state index in [0.717, 1.165) is 0 Å². The maximum Gasteiger partial charge on any atom is 0.472 e. The quantitative estimate of drug-likeness (QED) is 0.468. The first-order valence-corrected chi connectivity index (χ1v) is 3.35. The molecule has 4 nitrogen and oxygen atoms in total. The van der Waals surface area contributed by atoms with E-state index in [1.54, 1.807) is 0 Å². The molecule has 0 aliphatic rings. The van der Waals surface area contributed by atoms with E-state index in [1.165, 1.54) is 0 Å². The third kappa shape index (κ3) is 4.53. The molecule has 0 radical (unpaired) electrons. The minimum absolute atomic E-state index is 0.101. The molecule has 0 aromatic carbocycles. The van der Waals surface area contributed by atoms with E-state index in [-0.39, 0.29) is 4.72 Å². The molecule has 0 fully saturated rings. The minimum atomic E-state index is -5.63. The standard InChI is InChI=1S/C2HF4NO3S/c3-2(4,5)1(8)7-11(6,9)10/h(H,7,8). The molecule has 0 aromatic heterocycles. The highest BCUT2D eigenvalue weighted by atomic mass is 32.3. The van der Waals surface area contributed by atoms with E-state index in [9.17, 15) is 30.3 Å².